The maximum absolute atomic E-state index is 11.1. The monoisotopic (exact) mass is 389 g/mol. The molecule has 0 spiro atoms. The topological polar surface area (TPSA) is 142 Å². The van der Waals surface area contributed by atoms with Gasteiger partial charge in [-0.15, -0.1) is 0 Å². The van der Waals surface area contributed by atoms with Crippen molar-refractivity contribution in [2.24, 2.45) is 11.1 Å². The Kier molecular flexibility index (Phi) is 4.68. The summed E-state index contributed by atoms with van der Waals surface area (Å²) >= 11 is 0. The van der Waals surface area contributed by atoms with E-state index >= 15 is 0 Å². The molecule has 2 aromatic heterocycles. The van der Waals surface area contributed by atoms with Crippen LogP contribution in [0.15, 0.2) is 17.5 Å². The van der Waals surface area contributed by atoms with Crippen molar-refractivity contribution in [1.29, 1.82) is 0 Å². The maximum Gasteiger partial charge on any atom is 0.306 e. The summed E-state index contributed by atoms with van der Waals surface area (Å²) in [6.45, 7) is 1.93. The second-order valence-electron chi connectivity index (χ2n) is 7.40. The third-order valence-corrected chi connectivity index (χ3v) is 5.53. The first kappa shape index (κ1) is 18.6. The van der Waals surface area contributed by atoms with Crippen molar-refractivity contribution in [2.45, 2.75) is 44.4 Å². The Labute approximate surface area is 160 Å². The van der Waals surface area contributed by atoms with E-state index in [1.807, 2.05) is 6.92 Å². The van der Waals surface area contributed by atoms with Crippen molar-refractivity contribution in [2.75, 3.05) is 18.5 Å². The number of carboxylic acid groups (broad SMARTS) is 1. The van der Waals surface area contributed by atoms with E-state index in [1.54, 1.807) is 17.1 Å². The Morgan fingerprint density at radius 3 is 2.71 bits per heavy atom. The van der Waals surface area contributed by atoms with Gasteiger partial charge < -0.3 is 25.5 Å². The molecule has 0 bridgehead atoms. The zero-order chi connectivity index (χ0) is 19.9. The van der Waals surface area contributed by atoms with E-state index in [1.165, 1.54) is 0 Å². The highest BCUT2D eigenvalue weighted by molar-refractivity contribution is 6.10. The predicted molar refractivity (Wildman–Crippen MR) is 100 cm³/mol. The van der Waals surface area contributed by atoms with Gasteiger partial charge in [0.25, 0.3) is 0 Å². The van der Waals surface area contributed by atoms with E-state index < -0.39 is 11.6 Å². The number of aromatic nitrogens is 3. The molecule has 0 amide bonds. The van der Waals surface area contributed by atoms with Gasteiger partial charge in [0.15, 0.2) is 11.2 Å². The molecule has 3 heterocycles. The van der Waals surface area contributed by atoms with Gasteiger partial charge in [0.2, 0.25) is 0 Å². The van der Waals surface area contributed by atoms with Crippen molar-refractivity contribution in [3.63, 3.8) is 0 Å². The first-order valence-corrected chi connectivity index (χ1v) is 9.31. The number of aryl methyl sites for hydroxylation is 1. The summed E-state index contributed by atoms with van der Waals surface area (Å²) in [5, 5.41) is 41.0. The smallest absolute Gasteiger partial charge is 0.306 e. The molecule has 1 aliphatic carbocycles. The molecular formula is C18H23N5O5. The number of aliphatic hydroxyl groups excluding tert-OH is 2. The molecule has 0 aromatic carbocycles. The average Bonchev–Trinajstić information content (AvgIpc) is 3.28. The molecule has 1 aliphatic heterocycles. The van der Waals surface area contributed by atoms with Crippen molar-refractivity contribution >= 4 is 28.4 Å². The average molecular weight is 389 g/mol. The van der Waals surface area contributed by atoms with Gasteiger partial charge in [-0.05, 0) is 19.8 Å². The number of aliphatic hydroxyl groups is 2. The number of carboxylic acids is 1. The van der Waals surface area contributed by atoms with Crippen molar-refractivity contribution < 1.29 is 25.0 Å². The predicted octanol–water partition coefficient (Wildman–Crippen LogP) is 0.574. The largest absolute Gasteiger partial charge is 0.481 e. The Morgan fingerprint density at radius 1 is 1.36 bits per heavy atom. The molecule has 0 unspecified atom stereocenters. The van der Waals surface area contributed by atoms with Crippen LogP contribution in [0.4, 0.5) is 5.69 Å². The number of nitrogens with zero attached hydrogens (tertiary/aromatic N) is 4. The van der Waals surface area contributed by atoms with Crippen molar-refractivity contribution in [3.8, 4) is 0 Å². The van der Waals surface area contributed by atoms with Crippen LogP contribution < -0.4 is 5.32 Å². The summed E-state index contributed by atoms with van der Waals surface area (Å²) in [5.41, 5.74) is 1.62. The van der Waals surface area contributed by atoms with E-state index in [4.69, 9.17) is 9.94 Å². The van der Waals surface area contributed by atoms with Gasteiger partial charge in [-0.25, -0.2) is 9.67 Å². The molecule has 2 aliphatic rings. The quantitative estimate of drug-likeness (QED) is 0.538. The summed E-state index contributed by atoms with van der Waals surface area (Å²) in [5.74, 6) is -1.11. The van der Waals surface area contributed by atoms with E-state index in [0.717, 1.165) is 16.7 Å². The SMILES string of the molecule is CCn1ncc2c(NC3CC(C(=O)O)C3)c(C3=NOC(CO)(CO)C3)cnc21. The summed E-state index contributed by atoms with van der Waals surface area (Å²) in [6, 6.07) is 0.0267. The second kappa shape index (κ2) is 7.02. The lowest BCUT2D eigenvalue weighted by atomic mass is 9.80. The molecule has 4 rings (SSSR count). The van der Waals surface area contributed by atoms with Gasteiger partial charge in [-0.1, -0.05) is 5.16 Å². The lowest BCUT2D eigenvalue weighted by Crippen LogP contribution is -2.40. The highest BCUT2D eigenvalue weighted by atomic mass is 16.7. The number of nitrogens with one attached hydrogen (secondary N) is 1. The molecule has 1 fully saturated rings. The Hall–Kier alpha value is -2.72. The van der Waals surface area contributed by atoms with Crippen LogP contribution in [-0.2, 0) is 16.2 Å². The molecule has 2 aromatic rings. The molecule has 0 saturated heterocycles. The molecule has 10 heteroatoms. The molecule has 0 radical (unpaired) electrons. The number of hydrogen-bond donors (Lipinski definition) is 4. The van der Waals surface area contributed by atoms with Crippen LogP contribution in [0.1, 0.15) is 31.7 Å². The van der Waals surface area contributed by atoms with Gasteiger partial charge in [0.05, 0.1) is 42.1 Å². The number of oxime groups is 1. The lowest BCUT2D eigenvalue weighted by Gasteiger charge is -2.34. The maximum atomic E-state index is 11.1. The number of carbonyl (C=O) groups is 1. The fourth-order valence-corrected chi connectivity index (χ4v) is 3.66. The number of hydrogen-bond acceptors (Lipinski definition) is 8. The Morgan fingerprint density at radius 2 is 2.11 bits per heavy atom. The minimum atomic E-state index is -1.14. The van der Waals surface area contributed by atoms with Crippen LogP contribution in [0, 0.1) is 5.92 Å². The second-order valence-corrected chi connectivity index (χ2v) is 7.40. The third kappa shape index (κ3) is 2.98. The molecule has 28 heavy (non-hydrogen) atoms. The highest BCUT2D eigenvalue weighted by Gasteiger charge is 2.40. The van der Waals surface area contributed by atoms with E-state index in [2.05, 4.69) is 20.6 Å². The van der Waals surface area contributed by atoms with Crippen LogP contribution in [-0.4, -0.2) is 66.6 Å². The minimum absolute atomic E-state index is 0.0267. The van der Waals surface area contributed by atoms with E-state index in [0.29, 0.717) is 30.7 Å². The van der Waals surface area contributed by atoms with Crippen LogP contribution in [0.2, 0.25) is 0 Å². The zero-order valence-corrected chi connectivity index (χ0v) is 15.5. The standard InChI is InChI=1S/C18H23N5O5/c1-2-23-16-13(7-20-23)15(21-11-3-10(4-11)17(26)27)12(6-19-16)14-5-18(8-24,9-25)28-22-14/h6-7,10-11,24-25H,2-5,8-9H2,1H3,(H,19,21)(H,26,27). The van der Waals surface area contributed by atoms with Crippen LogP contribution >= 0.6 is 0 Å². The summed E-state index contributed by atoms with van der Waals surface area (Å²) in [4.78, 5) is 21.0. The number of anilines is 1. The van der Waals surface area contributed by atoms with Gasteiger partial charge in [-0.2, -0.15) is 5.10 Å². The number of aliphatic carboxylic acids is 1. The van der Waals surface area contributed by atoms with Gasteiger partial charge in [0.1, 0.15) is 0 Å². The summed E-state index contributed by atoms with van der Waals surface area (Å²) in [6.07, 6.45) is 4.74. The first-order valence-electron chi connectivity index (χ1n) is 9.31. The van der Waals surface area contributed by atoms with Gasteiger partial charge in [-0.3, -0.25) is 4.79 Å². The zero-order valence-electron chi connectivity index (χ0n) is 15.5. The van der Waals surface area contributed by atoms with E-state index in [9.17, 15) is 15.0 Å². The minimum Gasteiger partial charge on any atom is -0.481 e. The number of fused-ring (bicyclic) bond motifs is 1. The molecule has 10 nitrogen and oxygen atoms in total. The molecule has 0 atom stereocenters. The first-order chi connectivity index (χ1) is 13.5. The van der Waals surface area contributed by atoms with Crippen LogP contribution in [0.5, 0.6) is 0 Å². The van der Waals surface area contributed by atoms with Gasteiger partial charge >= 0.3 is 5.97 Å². The normalized spacial score (nSPS) is 23.2. The number of rotatable bonds is 7. The molecule has 4 N–H and O–H groups in total. The summed E-state index contributed by atoms with van der Waals surface area (Å²) < 4.78 is 1.78. The lowest BCUT2D eigenvalue weighted by molar-refractivity contribution is -0.144. The number of pyridine rings is 1. The Balaban J connectivity index is 1.69. The van der Waals surface area contributed by atoms with Gasteiger partial charge in [0, 0.05) is 30.8 Å². The van der Waals surface area contributed by atoms with Crippen molar-refractivity contribution in [1.82, 2.24) is 14.8 Å². The molecule has 150 valence electrons. The molecular weight excluding hydrogens is 366 g/mol. The molecule has 1 saturated carbocycles. The van der Waals surface area contributed by atoms with E-state index in [-0.39, 0.29) is 31.6 Å². The fourth-order valence-electron chi connectivity index (χ4n) is 3.66. The van der Waals surface area contributed by atoms with Crippen molar-refractivity contribution in [3.05, 3.63) is 18.0 Å². The fraction of sp³-hybridized carbons (Fsp3) is 0.556. The van der Waals surface area contributed by atoms with Crippen LogP contribution in [0.25, 0.3) is 11.0 Å². The summed E-state index contributed by atoms with van der Waals surface area (Å²) in [7, 11) is 0. The van der Waals surface area contributed by atoms with Crippen LogP contribution in [0.3, 0.4) is 0 Å². The Bertz CT molecular complexity index is 930. The third-order valence-electron chi connectivity index (χ3n) is 5.53. The highest BCUT2D eigenvalue weighted by Crippen LogP contribution is 2.36.